The minimum absolute atomic E-state index is 0.0481. The van der Waals surface area contributed by atoms with Gasteiger partial charge in [0.15, 0.2) is 0 Å². The van der Waals surface area contributed by atoms with E-state index in [1.807, 2.05) is 40.7 Å². The first-order chi connectivity index (χ1) is 14.3. The average molecular weight is 467 g/mol. The molecule has 170 valence electrons. The first-order valence-corrected chi connectivity index (χ1v) is 11.9. The highest BCUT2D eigenvalue weighted by Gasteiger charge is 2.24. The molecule has 0 bridgehead atoms. The Bertz CT molecular complexity index is 1010. The quantitative estimate of drug-likeness (QED) is 0.555. The molecule has 2 aromatic carbocycles. The Morgan fingerprint density at radius 2 is 1.81 bits per heavy atom. The molecule has 0 aromatic heterocycles. The molecule has 0 unspecified atom stereocenters. The van der Waals surface area contributed by atoms with Gasteiger partial charge in [0.2, 0.25) is 0 Å². The number of nitrogens with one attached hydrogen (secondary N) is 1. The summed E-state index contributed by atoms with van der Waals surface area (Å²) in [5.74, 6) is 0.436. The smallest absolute Gasteiger partial charge is 0.340 e. The van der Waals surface area contributed by atoms with Crippen LogP contribution < -0.4 is 9.50 Å². The number of nitrogens with zero attached hydrogens (tertiary/aromatic N) is 1. The lowest BCUT2D eigenvalue weighted by Crippen LogP contribution is -2.49. The van der Waals surface area contributed by atoms with Crippen molar-refractivity contribution in [2.24, 2.45) is 5.92 Å². The number of amides is 2. The van der Waals surface area contributed by atoms with Crippen LogP contribution >= 0.6 is 11.6 Å². The van der Waals surface area contributed by atoms with Crippen LogP contribution in [0.1, 0.15) is 45.7 Å². The normalized spacial score (nSPS) is 12.0. The molecule has 6 nitrogen and oxygen atoms in total. The molecular formula is C23H31ClN2O4S. The van der Waals surface area contributed by atoms with Crippen molar-refractivity contribution in [3.8, 4) is 5.75 Å². The van der Waals surface area contributed by atoms with Gasteiger partial charge in [-0.25, -0.2) is 4.79 Å². The van der Waals surface area contributed by atoms with Gasteiger partial charge in [-0.1, -0.05) is 49.7 Å². The summed E-state index contributed by atoms with van der Waals surface area (Å²) < 4.78 is 31.0. The third-order valence-electron chi connectivity index (χ3n) is 4.25. The molecule has 2 amide bonds. The summed E-state index contributed by atoms with van der Waals surface area (Å²) in [6.45, 7) is 12.4. The van der Waals surface area contributed by atoms with Crippen molar-refractivity contribution in [1.29, 1.82) is 0 Å². The number of carbonyl (C=O) groups excluding carboxylic acids is 1. The van der Waals surface area contributed by atoms with Gasteiger partial charge in [0.05, 0.1) is 5.02 Å². The summed E-state index contributed by atoms with van der Waals surface area (Å²) >= 11 is 6.11. The van der Waals surface area contributed by atoms with Crippen LogP contribution in [0.4, 0.5) is 4.79 Å². The fourth-order valence-electron chi connectivity index (χ4n) is 3.08. The van der Waals surface area contributed by atoms with E-state index in [1.54, 1.807) is 42.2 Å². The van der Waals surface area contributed by atoms with Crippen LogP contribution in [0, 0.1) is 12.8 Å². The second-order valence-corrected chi connectivity index (χ2v) is 10.9. The van der Waals surface area contributed by atoms with Gasteiger partial charge in [0, 0.05) is 18.6 Å². The highest BCUT2D eigenvalue weighted by atomic mass is 35.5. The van der Waals surface area contributed by atoms with Gasteiger partial charge in [-0.05, 0) is 62.9 Å². The van der Waals surface area contributed by atoms with E-state index in [0.717, 1.165) is 5.56 Å². The molecule has 0 aliphatic heterocycles. The largest absolute Gasteiger partial charge is 0.379 e. The van der Waals surface area contributed by atoms with Crippen LogP contribution in [0.5, 0.6) is 5.75 Å². The predicted octanol–water partition coefficient (Wildman–Crippen LogP) is 5.38. The van der Waals surface area contributed by atoms with Gasteiger partial charge < -0.3 is 14.4 Å². The van der Waals surface area contributed by atoms with Crippen molar-refractivity contribution in [1.82, 2.24) is 10.2 Å². The molecule has 0 saturated carbocycles. The third kappa shape index (κ3) is 7.43. The van der Waals surface area contributed by atoms with E-state index < -0.39 is 10.1 Å². The first kappa shape index (κ1) is 25.0. The number of rotatable bonds is 7. The lowest BCUT2D eigenvalue weighted by Gasteiger charge is -2.29. The third-order valence-corrected chi connectivity index (χ3v) is 6.13. The van der Waals surface area contributed by atoms with Crippen LogP contribution in [0.3, 0.4) is 0 Å². The molecule has 0 aliphatic rings. The molecule has 0 aliphatic carbocycles. The molecule has 0 radical (unpaired) electrons. The molecule has 0 saturated heterocycles. The number of benzene rings is 2. The Kier molecular flexibility index (Phi) is 8.00. The summed E-state index contributed by atoms with van der Waals surface area (Å²) in [5, 5.41) is 3.09. The Labute approximate surface area is 190 Å². The number of hydrogen-bond acceptors (Lipinski definition) is 4. The van der Waals surface area contributed by atoms with E-state index in [1.165, 1.54) is 6.07 Å². The Morgan fingerprint density at radius 3 is 2.39 bits per heavy atom. The van der Waals surface area contributed by atoms with E-state index in [-0.39, 0.29) is 33.2 Å². The predicted molar refractivity (Wildman–Crippen MR) is 124 cm³/mol. The summed E-state index contributed by atoms with van der Waals surface area (Å²) in [7, 11) is -4.10. The molecule has 1 N–H and O–H groups in total. The van der Waals surface area contributed by atoms with Crippen LogP contribution in [-0.4, -0.2) is 31.4 Å². The second kappa shape index (κ2) is 9.92. The fraction of sp³-hybridized carbons (Fsp3) is 0.435. The van der Waals surface area contributed by atoms with Crippen molar-refractivity contribution in [3.63, 3.8) is 0 Å². The maximum Gasteiger partial charge on any atom is 0.340 e. The molecule has 0 fully saturated rings. The highest BCUT2D eigenvalue weighted by Crippen LogP contribution is 2.28. The van der Waals surface area contributed by atoms with E-state index >= 15 is 0 Å². The number of aryl methyl sites for hydroxylation is 1. The number of urea groups is 1. The SMILES string of the molecule is Cc1cccc(Cl)c1S(=O)(=O)Oc1cccc(CN(CC(C)C)C(=O)NC(C)(C)C)c1. The number of halogens is 1. The molecule has 0 atom stereocenters. The zero-order valence-corrected chi connectivity index (χ0v) is 20.5. The zero-order valence-electron chi connectivity index (χ0n) is 18.9. The van der Waals surface area contributed by atoms with Crippen LogP contribution in [0.25, 0.3) is 0 Å². The Hall–Kier alpha value is -2.25. The number of hydrogen-bond donors (Lipinski definition) is 1. The van der Waals surface area contributed by atoms with Gasteiger partial charge in [-0.3, -0.25) is 0 Å². The monoisotopic (exact) mass is 466 g/mol. The molecule has 0 heterocycles. The van der Waals surface area contributed by atoms with E-state index in [2.05, 4.69) is 5.32 Å². The molecule has 31 heavy (non-hydrogen) atoms. The summed E-state index contributed by atoms with van der Waals surface area (Å²) in [6.07, 6.45) is 0. The van der Waals surface area contributed by atoms with Gasteiger partial charge in [-0.2, -0.15) is 8.42 Å². The summed E-state index contributed by atoms with van der Waals surface area (Å²) in [6, 6.07) is 11.4. The molecule has 0 spiro atoms. The van der Waals surface area contributed by atoms with Crippen molar-refractivity contribution in [3.05, 3.63) is 58.6 Å². The minimum atomic E-state index is -4.10. The molecule has 2 aromatic rings. The average Bonchev–Trinajstić information content (AvgIpc) is 2.58. The van der Waals surface area contributed by atoms with E-state index in [4.69, 9.17) is 15.8 Å². The Balaban J connectivity index is 2.26. The van der Waals surface area contributed by atoms with Gasteiger partial charge in [0.1, 0.15) is 10.6 Å². The molecule has 2 rings (SSSR count). The minimum Gasteiger partial charge on any atom is -0.379 e. The van der Waals surface area contributed by atoms with Crippen LogP contribution in [-0.2, 0) is 16.7 Å². The second-order valence-electron chi connectivity index (χ2n) is 9.03. The van der Waals surface area contributed by atoms with Crippen molar-refractivity contribution >= 4 is 27.8 Å². The highest BCUT2D eigenvalue weighted by molar-refractivity contribution is 7.87. The van der Waals surface area contributed by atoms with Crippen LogP contribution in [0.2, 0.25) is 5.02 Å². The molecular weight excluding hydrogens is 436 g/mol. The Morgan fingerprint density at radius 1 is 1.16 bits per heavy atom. The standard InChI is InChI=1S/C23H31ClN2O4S/c1-16(2)14-26(22(27)25-23(4,5)6)15-18-10-8-11-19(13-18)30-31(28,29)21-17(3)9-7-12-20(21)24/h7-13,16H,14-15H2,1-6H3,(H,25,27). The van der Waals surface area contributed by atoms with Crippen molar-refractivity contribution in [2.45, 2.75) is 58.5 Å². The summed E-state index contributed by atoms with van der Waals surface area (Å²) in [4.78, 5) is 14.4. The lowest BCUT2D eigenvalue weighted by molar-refractivity contribution is 0.179. The van der Waals surface area contributed by atoms with Gasteiger partial charge in [-0.15, -0.1) is 0 Å². The fourth-order valence-corrected chi connectivity index (χ4v) is 4.79. The first-order valence-electron chi connectivity index (χ1n) is 10.1. The van der Waals surface area contributed by atoms with E-state index in [9.17, 15) is 13.2 Å². The zero-order chi connectivity index (χ0) is 23.4. The van der Waals surface area contributed by atoms with Crippen molar-refractivity contribution in [2.75, 3.05) is 6.54 Å². The van der Waals surface area contributed by atoms with Crippen LogP contribution in [0.15, 0.2) is 47.4 Å². The lowest BCUT2D eigenvalue weighted by atomic mass is 10.1. The maximum absolute atomic E-state index is 12.8. The topological polar surface area (TPSA) is 75.7 Å². The summed E-state index contributed by atoms with van der Waals surface area (Å²) in [5.41, 5.74) is 0.900. The molecule has 8 heteroatoms. The van der Waals surface area contributed by atoms with Gasteiger partial charge >= 0.3 is 16.1 Å². The maximum atomic E-state index is 12.8. The van der Waals surface area contributed by atoms with E-state index in [0.29, 0.717) is 18.7 Å². The van der Waals surface area contributed by atoms with Gasteiger partial charge in [0.25, 0.3) is 0 Å². The number of carbonyl (C=O) groups is 1. The van der Waals surface area contributed by atoms with Crippen molar-refractivity contribution < 1.29 is 17.4 Å².